The lowest BCUT2D eigenvalue weighted by Crippen LogP contribution is -2.37. The first kappa shape index (κ1) is 16.8. The maximum Gasteiger partial charge on any atom is 0.404 e. The SMILES string of the molecule is Cc1cc(C(C)O)c2nc(N3C[C@@H]4[C@H](C3)[C@@H]4NC(=O)O)n(C)c(=O)c2c1. The first-order valence-corrected chi connectivity index (χ1v) is 8.71. The number of nitrogens with one attached hydrogen (secondary N) is 1. The summed E-state index contributed by atoms with van der Waals surface area (Å²) >= 11 is 0. The zero-order chi connectivity index (χ0) is 18.7. The maximum absolute atomic E-state index is 12.9. The van der Waals surface area contributed by atoms with Gasteiger partial charge < -0.3 is 20.4 Å². The molecule has 2 fully saturated rings. The van der Waals surface area contributed by atoms with Crippen molar-refractivity contribution in [3.8, 4) is 0 Å². The number of benzene rings is 1. The summed E-state index contributed by atoms with van der Waals surface area (Å²) in [6.07, 6.45) is -1.72. The minimum atomic E-state index is -0.996. The average molecular weight is 358 g/mol. The number of aliphatic hydroxyl groups excluding tert-OH is 1. The van der Waals surface area contributed by atoms with Gasteiger partial charge in [0.05, 0.1) is 17.0 Å². The number of nitrogens with zero attached hydrogens (tertiary/aromatic N) is 3. The molecule has 2 aliphatic rings. The molecule has 1 aliphatic carbocycles. The van der Waals surface area contributed by atoms with Crippen molar-refractivity contribution < 1.29 is 15.0 Å². The molecule has 1 unspecified atom stereocenters. The van der Waals surface area contributed by atoms with Crippen LogP contribution < -0.4 is 15.8 Å². The fourth-order valence-corrected chi connectivity index (χ4v) is 4.19. The van der Waals surface area contributed by atoms with E-state index in [9.17, 15) is 14.7 Å². The van der Waals surface area contributed by atoms with Gasteiger partial charge in [-0.25, -0.2) is 9.78 Å². The molecule has 1 saturated carbocycles. The molecule has 1 amide bonds. The third-order valence-corrected chi connectivity index (χ3v) is 5.55. The van der Waals surface area contributed by atoms with Crippen LogP contribution in [0.2, 0.25) is 0 Å². The van der Waals surface area contributed by atoms with Crippen LogP contribution in [0.1, 0.15) is 24.2 Å². The van der Waals surface area contributed by atoms with Gasteiger partial charge in [0.2, 0.25) is 5.95 Å². The first-order valence-electron chi connectivity index (χ1n) is 8.71. The van der Waals surface area contributed by atoms with Gasteiger partial charge in [0.1, 0.15) is 0 Å². The highest BCUT2D eigenvalue weighted by atomic mass is 16.4. The van der Waals surface area contributed by atoms with E-state index < -0.39 is 12.2 Å². The second-order valence-corrected chi connectivity index (χ2v) is 7.41. The van der Waals surface area contributed by atoms with Gasteiger partial charge in [0.25, 0.3) is 5.56 Å². The Balaban J connectivity index is 1.73. The number of aromatic nitrogens is 2. The molecule has 8 heteroatoms. The molecule has 4 atom stereocenters. The van der Waals surface area contributed by atoms with E-state index in [1.54, 1.807) is 20.0 Å². The van der Waals surface area contributed by atoms with Crippen LogP contribution >= 0.6 is 0 Å². The number of carbonyl (C=O) groups is 1. The predicted octanol–water partition coefficient (Wildman–Crippen LogP) is 0.997. The molecule has 4 rings (SSSR count). The Kier molecular flexibility index (Phi) is 3.69. The van der Waals surface area contributed by atoms with Crippen LogP contribution in [0.5, 0.6) is 0 Å². The maximum atomic E-state index is 12.9. The number of carboxylic acid groups (broad SMARTS) is 1. The average Bonchev–Trinajstić information content (AvgIpc) is 3.01. The van der Waals surface area contributed by atoms with Crippen LogP contribution in [-0.2, 0) is 7.05 Å². The summed E-state index contributed by atoms with van der Waals surface area (Å²) in [6.45, 7) is 4.89. The van der Waals surface area contributed by atoms with Crippen molar-refractivity contribution in [3.05, 3.63) is 33.6 Å². The molecule has 0 radical (unpaired) electrons. The third-order valence-electron chi connectivity index (χ3n) is 5.55. The molecule has 138 valence electrons. The molecule has 2 heterocycles. The molecule has 3 N–H and O–H groups in total. The van der Waals surface area contributed by atoms with Crippen molar-refractivity contribution in [2.45, 2.75) is 26.0 Å². The van der Waals surface area contributed by atoms with Crippen molar-refractivity contribution in [2.24, 2.45) is 18.9 Å². The summed E-state index contributed by atoms with van der Waals surface area (Å²) < 4.78 is 1.54. The number of rotatable bonds is 3. The number of amides is 1. The number of anilines is 1. The van der Waals surface area contributed by atoms with Gasteiger partial charge in [-0.15, -0.1) is 0 Å². The number of piperidine rings is 1. The van der Waals surface area contributed by atoms with Gasteiger partial charge in [-0.3, -0.25) is 9.36 Å². The number of aliphatic hydroxyl groups is 1. The van der Waals surface area contributed by atoms with Crippen LogP contribution in [0, 0.1) is 18.8 Å². The van der Waals surface area contributed by atoms with Crippen LogP contribution in [-0.4, -0.2) is 45.0 Å². The van der Waals surface area contributed by atoms with Crippen molar-refractivity contribution in [3.63, 3.8) is 0 Å². The Hall–Kier alpha value is -2.61. The number of aryl methyl sites for hydroxylation is 1. The second kappa shape index (κ2) is 5.70. The van der Waals surface area contributed by atoms with E-state index in [4.69, 9.17) is 10.1 Å². The van der Waals surface area contributed by atoms with Crippen LogP contribution in [0.3, 0.4) is 0 Å². The monoisotopic (exact) mass is 358 g/mol. The van der Waals surface area contributed by atoms with E-state index in [2.05, 4.69) is 5.32 Å². The quantitative estimate of drug-likeness (QED) is 0.755. The molecule has 8 nitrogen and oxygen atoms in total. The lowest BCUT2D eigenvalue weighted by Gasteiger charge is -2.24. The van der Waals surface area contributed by atoms with Crippen molar-refractivity contribution in [1.29, 1.82) is 0 Å². The lowest BCUT2D eigenvalue weighted by atomic mass is 10.0. The van der Waals surface area contributed by atoms with Crippen molar-refractivity contribution in [2.75, 3.05) is 18.0 Å². The summed E-state index contributed by atoms with van der Waals surface area (Å²) in [5.41, 5.74) is 1.94. The molecular weight excluding hydrogens is 336 g/mol. The molecule has 26 heavy (non-hydrogen) atoms. The fraction of sp³-hybridized carbons (Fsp3) is 0.500. The molecule has 1 aromatic heterocycles. The second-order valence-electron chi connectivity index (χ2n) is 7.41. The highest BCUT2D eigenvalue weighted by Gasteiger charge is 2.57. The molecule has 1 aromatic carbocycles. The minimum Gasteiger partial charge on any atom is -0.465 e. The summed E-state index contributed by atoms with van der Waals surface area (Å²) in [4.78, 5) is 30.4. The van der Waals surface area contributed by atoms with Crippen molar-refractivity contribution >= 4 is 22.9 Å². The van der Waals surface area contributed by atoms with Gasteiger partial charge in [-0.2, -0.15) is 0 Å². The zero-order valence-corrected chi connectivity index (χ0v) is 14.9. The van der Waals surface area contributed by atoms with E-state index in [-0.39, 0.29) is 23.4 Å². The smallest absolute Gasteiger partial charge is 0.404 e. The Morgan fingerprint density at radius 2 is 2.00 bits per heavy atom. The standard InChI is InChI=1S/C18H22N4O4/c1-8-4-10(9(2)23)14-11(5-8)16(24)21(3)17(19-14)22-6-12-13(7-22)15(12)20-18(25)26/h4-5,9,12-13,15,20,23H,6-7H2,1-3H3,(H,25,26)/t9?,12-,13+,15-. The van der Waals surface area contributed by atoms with Gasteiger partial charge in [0.15, 0.2) is 0 Å². The largest absolute Gasteiger partial charge is 0.465 e. The highest BCUT2D eigenvalue weighted by Crippen LogP contribution is 2.46. The fourth-order valence-electron chi connectivity index (χ4n) is 4.19. The van der Waals surface area contributed by atoms with Gasteiger partial charge in [-0.1, -0.05) is 6.07 Å². The number of hydrogen-bond donors (Lipinski definition) is 3. The predicted molar refractivity (Wildman–Crippen MR) is 96.5 cm³/mol. The highest BCUT2D eigenvalue weighted by molar-refractivity contribution is 5.83. The molecule has 0 bridgehead atoms. The van der Waals surface area contributed by atoms with E-state index in [1.807, 2.05) is 17.9 Å². The van der Waals surface area contributed by atoms with Crippen LogP contribution in [0.4, 0.5) is 10.7 Å². The molecule has 1 saturated heterocycles. The van der Waals surface area contributed by atoms with E-state index in [1.165, 1.54) is 4.57 Å². The lowest BCUT2D eigenvalue weighted by molar-refractivity contribution is 0.192. The normalized spacial score (nSPS) is 25.2. The number of fused-ring (bicyclic) bond motifs is 2. The van der Waals surface area contributed by atoms with Crippen LogP contribution in [0.15, 0.2) is 16.9 Å². The molecule has 2 aromatic rings. The van der Waals surface area contributed by atoms with Gasteiger partial charge in [-0.05, 0) is 25.5 Å². The summed E-state index contributed by atoms with van der Waals surface area (Å²) in [6, 6.07) is 3.66. The summed E-state index contributed by atoms with van der Waals surface area (Å²) in [5.74, 6) is 1.08. The van der Waals surface area contributed by atoms with E-state index in [0.717, 1.165) is 5.56 Å². The van der Waals surface area contributed by atoms with Gasteiger partial charge in [0, 0.05) is 43.6 Å². The van der Waals surface area contributed by atoms with Crippen LogP contribution in [0.25, 0.3) is 10.9 Å². The Bertz CT molecular complexity index is 956. The third kappa shape index (κ3) is 2.52. The van der Waals surface area contributed by atoms with E-state index >= 15 is 0 Å². The van der Waals surface area contributed by atoms with E-state index in [0.29, 0.717) is 35.5 Å². The summed E-state index contributed by atoms with van der Waals surface area (Å²) in [5, 5.41) is 22.0. The topological polar surface area (TPSA) is 108 Å². The summed E-state index contributed by atoms with van der Waals surface area (Å²) in [7, 11) is 1.70. The first-order chi connectivity index (χ1) is 12.3. The Morgan fingerprint density at radius 1 is 1.35 bits per heavy atom. The Morgan fingerprint density at radius 3 is 2.58 bits per heavy atom. The molecule has 0 spiro atoms. The van der Waals surface area contributed by atoms with Gasteiger partial charge >= 0.3 is 6.09 Å². The minimum absolute atomic E-state index is 0.00286. The Labute approximate surface area is 150 Å². The number of hydrogen-bond acceptors (Lipinski definition) is 5. The molecular formula is C18H22N4O4. The zero-order valence-electron chi connectivity index (χ0n) is 14.9. The molecule has 1 aliphatic heterocycles. The van der Waals surface area contributed by atoms with Crippen molar-refractivity contribution in [1.82, 2.24) is 14.9 Å².